The van der Waals surface area contributed by atoms with Crippen LogP contribution in [0.15, 0.2) is 41.3 Å². The van der Waals surface area contributed by atoms with Gasteiger partial charge in [-0.2, -0.15) is 5.10 Å². The molecular formula is C22H26ClN3O2S. The van der Waals surface area contributed by atoms with Crippen molar-refractivity contribution < 1.29 is 4.79 Å². The van der Waals surface area contributed by atoms with Gasteiger partial charge < -0.3 is 4.57 Å². The standard InChI is InChI=1S/C22H26ClN3O2S/c1-5-11-25-12-10-15(13-20(25)27)18-14-16(6-7-17-8-9-19(23)29-17)26(24-18)21(28)22(2,3)4/h8-10,12-14H,5-7,11H2,1-4H3. The predicted octanol–water partition coefficient (Wildman–Crippen LogP) is 5.31. The average Bonchev–Trinajstić information content (AvgIpc) is 3.26. The van der Waals surface area contributed by atoms with E-state index in [1.54, 1.807) is 28.2 Å². The Bertz CT molecular complexity index is 1070. The van der Waals surface area contributed by atoms with Crippen LogP contribution in [0.25, 0.3) is 11.3 Å². The monoisotopic (exact) mass is 431 g/mol. The first-order chi connectivity index (χ1) is 13.7. The van der Waals surface area contributed by atoms with Gasteiger partial charge in [-0.1, -0.05) is 39.3 Å². The Morgan fingerprint density at radius 2 is 1.93 bits per heavy atom. The number of halogens is 1. The van der Waals surface area contributed by atoms with Crippen LogP contribution in [0.5, 0.6) is 0 Å². The van der Waals surface area contributed by atoms with Crippen LogP contribution in [0.1, 0.15) is 49.5 Å². The Kier molecular flexibility index (Phi) is 6.44. The summed E-state index contributed by atoms with van der Waals surface area (Å²) in [6, 6.07) is 9.28. The molecule has 7 heteroatoms. The van der Waals surface area contributed by atoms with Crippen molar-refractivity contribution in [3.63, 3.8) is 0 Å². The average molecular weight is 432 g/mol. The third kappa shape index (κ3) is 5.06. The summed E-state index contributed by atoms with van der Waals surface area (Å²) >= 11 is 7.58. The fourth-order valence-electron chi connectivity index (χ4n) is 3.06. The summed E-state index contributed by atoms with van der Waals surface area (Å²) in [5.74, 6) is -0.0673. The van der Waals surface area contributed by atoms with E-state index in [-0.39, 0.29) is 11.5 Å². The second-order valence-electron chi connectivity index (χ2n) is 8.14. The Labute approximate surface area is 179 Å². The van der Waals surface area contributed by atoms with E-state index in [0.29, 0.717) is 18.7 Å². The molecule has 0 fully saturated rings. The number of hydrogen-bond acceptors (Lipinski definition) is 4. The van der Waals surface area contributed by atoms with Crippen molar-refractivity contribution in [2.24, 2.45) is 5.41 Å². The molecule has 0 N–H and O–H groups in total. The van der Waals surface area contributed by atoms with E-state index in [0.717, 1.165) is 33.3 Å². The molecular weight excluding hydrogens is 406 g/mol. The Morgan fingerprint density at radius 1 is 1.17 bits per heavy atom. The van der Waals surface area contributed by atoms with Gasteiger partial charge in [-0.15, -0.1) is 11.3 Å². The number of hydrogen-bond donors (Lipinski definition) is 0. The fourth-order valence-corrected chi connectivity index (χ4v) is 4.15. The summed E-state index contributed by atoms with van der Waals surface area (Å²) < 4.78 is 3.94. The zero-order valence-electron chi connectivity index (χ0n) is 17.2. The number of pyridine rings is 1. The molecule has 29 heavy (non-hydrogen) atoms. The van der Waals surface area contributed by atoms with Crippen LogP contribution in [0, 0.1) is 5.41 Å². The lowest BCUT2D eigenvalue weighted by molar-refractivity contribution is 0.0745. The zero-order valence-corrected chi connectivity index (χ0v) is 18.8. The number of aromatic nitrogens is 3. The Balaban J connectivity index is 1.96. The smallest absolute Gasteiger partial charge is 0.252 e. The van der Waals surface area contributed by atoms with E-state index in [1.807, 2.05) is 52.0 Å². The molecule has 0 aliphatic heterocycles. The molecule has 0 aromatic carbocycles. The maximum atomic E-state index is 13.0. The minimum atomic E-state index is -0.561. The predicted molar refractivity (Wildman–Crippen MR) is 119 cm³/mol. The number of nitrogens with zero attached hydrogens (tertiary/aromatic N) is 3. The zero-order chi connectivity index (χ0) is 21.2. The summed E-state index contributed by atoms with van der Waals surface area (Å²) in [6.45, 7) is 8.36. The van der Waals surface area contributed by atoms with Gasteiger partial charge >= 0.3 is 0 Å². The fraction of sp³-hybridized carbons (Fsp3) is 0.409. The number of rotatable bonds is 6. The van der Waals surface area contributed by atoms with Crippen LogP contribution >= 0.6 is 22.9 Å². The maximum Gasteiger partial charge on any atom is 0.252 e. The molecule has 0 aliphatic carbocycles. The van der Waals surface area contributed by atoms with Crippen molar-refractivity contribution in [2.75, 3.05) is 0 Å². The SMILES string of the molecule is CCCn1ccc(-c2cc(CCc3ccc(Cl)s3)n(C(=O)C(C)(C)C)n2)cc1=O. The van der Waals surface area contributed by atoms with E-state index >= 15 is 0 Å². The van der Waals surface area contributed by atoms with Gasteiger partial charge in [0.05, 0.1) is 10.0 Å². The first-order valence-electron chi connectivity index (χ1n) is 9.78. The number of aryl methyl sites for hydroxylation is 3. The molecule has 3 aromatic heterocycles. The highest BCUT2D eigenvalue weighted by atomic mass is 35.5. The van der Waals surface area contributed by atoms with E-state index in [1.165, 1.54) is 4.68 Å². The van der Waals surface area contributed by atoms with Crippen LogP contribution in [0.2, 0.25) is 4.34 Å². The highest BCUT2D eigenvalue weighted by Gasteiger charge is 2.26. The normalized spacial score (nSPS) is 11.8. The van der Waals surface area contributed by atoms with Gasteiger partial charge in [0.15, 0.2) is 0 Å². The lowest BCUT2D eigenvalue weighted by Crippen LogP contribution is -2.29. The summed E-state index contributed by atoms with van der Waals surface area (Å²) in [5, 5.41) is 4.58. The highest BCUT2D eigenvalue weighted by Crippen LogP contribution is 2.26. The number of carbonyl (C=O) groups excluding carboxylic acids is 1. The summed E-state index contributed by atoms with van der Waals surface area (Å²) in [6.07, 6.45) is 4.13. The second kappa shape index (κ2) is 8.67. The van der Waals surface area contributed by atoms with Crippen LogP contribution < -0.4 is 5.56 Å². The molecule has 154 valence electrons. The molecule has 0 radical (unpaired) electrons. The highest BCUT2D eigenvalue weighted by molar-refractivity contribution is 7.16. The third-order valence-corrected chi connectivity index (χ3v) is 5.92. The van der Waals surface area contributed by atoms with Crippen molar-refractivity contribution in [2.45, 2.75) is 53.5 Å². The minimum absolute atomic E-state index is 0.0594. The van der Waals surface area contributed by atoms with Gasteiger partial charge in [-0.25, -0.2) is 4.68 Å². The molecule has 0 bridgehead atoms. The van der Waals surface area contributed by atoms with Crippen molar-refractivity contribution in [3.8, 4) is 11.3 Å². The second-order valence-corrected chi connectivity index (χ2v) is 9.94. The van der Waals surface area contributed by atoms with Crippen molar-refractivity contribution in [1.82, 2.24) is 14.3 Å². The molecule has 0 amide bonds. The Morgan fingerprint density at radius 3 is 2.52 bits per heavy atom. The van der Waals surface area contributed by atoms with Crippen molar-refractivity contribution >= 4 is 28.8 Å². The van der Waals surface area contributed by atoms with Crippen LogP contribution in [-0.2, 0) is 19.4 Å². The van der Waals surface area contributed by atoms with E-state index < -0.39 is 5.41 Å². The lowest BCUT2D eigenvalue weighted by atomic mass is 9.95. The molecule has 0 unspecified atom stereocenters. The maximum absolute atomic E-state index is 13.0. The molecule has 0 spiro atoms. The quantitative estimate of drug-likeness (QED) is 0.531. The first-order valence-corrected chi connectivity index (χ1v) is 11.0. The molecule has 3 heterocycles. The largest absolute Gasteiger partial charge is 0.316 e. The molecule has 0 saturated heterocycles. The van der Waals surface area contributed by atoms with Gasteiger partial charge in [0, 0.05) is 40.4 Å². The number of thiophene rings is 1. The van der Waals surface area contributed by atoms with Gasteiger partial charge in [0.1, 0.15) is 0 Å². The van der Waals surface area contributed by atoms with Crippen molar-refractivity contribution in [3.05, 3.63) is 61.8 Å². The summed E-state index contributed by atoms with van der Waals surface area (Å²) in [4.78, 5) is 26.5. The van der Waals surface area contributed by atoms with Gasteiger partial charge in [-0.3, -0.25) is 9.59 Å². The molecule has 0 saturated carbocycles. The lowest BCUT2D eigenvalue weighted by Gasteiger charge is -2.17. The third-order valence-electron chi connectivity index (χ3n) is 4.63. The van der Waals surface area contributed by atoms with E-state index in [9.17, 15) is 9.59 Å². The summed E-state index contributed by atoms with van der Waals surface area (Å²) in [5.41, 5.74) is 1.58. The summed E-state index contributed by atoms with van der Waals surface area (Å²) in [7, 11) is 0. The van der Waals surface area contributed by atoms with Crippen LogP contribution in [0.4, 0.5) is 0 Å². The van der Waals surface area contributed by atoms with Crippen LogP contribution in [-0.4, -0.2) is 20.3 Å². The molecule has 3 aromatic rings. The Hall–Kier alpha value is -2.18. The van der Waals surface area contributed by atoms with Gasteiger partial charge in [-0.05, 0) is 43.5 Å². The molecule has 0 atom stereocenters. The minimum Gasteiger partial charge on any atom is -0.316 e. The van der Waals surface area contributed by atoms with Crippen LogP contribution in [0.3, 0.4) is 0 Å². The topological polar surface area (TPSA) is 56.9 Å². The van der Waals surface area contributed by atoms with Gasteiger partial charge in [0.25, 0.3) is 11.5 Å². The molecule has 0 aliphatic rings. The van der Waals surface area contributed by atoms with Gasteiger partial charge in [0.2, 0.25) is 0 Å². The van der Waals surface area contributed by atoms with E-state index in [4.69, 9.17) is 11.6 Å². The molecule has 3 rings (SSSR count). The molecule has 5 nitrogen and oxygen atoms in total. The first kappa shape index (κ1) is 21.5. The van der Waals surface area contributed by atoms with Crippen molar-refractivity contribution in [1.29, 1.82) is 0 Å². The number of carbonyl (C=O) groups is 1. The van der Waals surface area contributed by atoms with E-state index in [2.05, 4.69) is 5.10 Å².